The normalized spacial score (nSPS) is 10.7. The lowest BCUT2D eigenvalue weighted by molar-refractivity contribution is -0.142. The minimum Gasteiger partial charge on any atom is -0.506 e. The molecule has 0 aliphatic rings. The molecule has 0 unspecified atom stereocenters. The third kappa shape index (κ3) is 3.13. The predicted molar refractivity (Wildman–Crippen MR) is 59.1 cm³/mol. The molecule has 0 bridgehead atoms. The molecule has 1 heterocycles. The molecule has 0 fully saturated rings. The molecule has 0 saturated carbocycles. The van der Waals surface area contributed by atoms with Crippen LogP contribution in [0.15, 0.2) is 6.20 Å². The monoisotopic (exact) mass is 260 g/mol. The van der Waals surface area contributed by atoms with Crippen LogP contribution in [0.5, 0.6) is 5.75 Å². The van der Waals surface area contributed by atoms with E-state index in [0.29, 0.717) is 0 Å². The van der Waals surface area contributed by atoms with Crippen LogP contribution in [0.3, 0.4) is 0 Å². The number of carbonyl (C=O) groups excluding carboxylic acids is 1. The Bertz CT molecular complexity index is 439. The SMILES string of the molecule is CCOC(=O)Cc1ncc(O)c(CN)c1C(F)F. The van der Waals surface area contributed by atoms with Crippen molar-refractivity contribution in [2.45, 2.75) is 26.3 Å². The quantitative estimate of drug-likeness (QED) is 0.779. The molecule has 0 spiro atoms. The largest absolute Gasteiger partial charge is 0.506 e. The Morgan fingerprint density at radius 1 is 1.61 bits per heavy atom. The topological polar surface area (TPSA) is 85.4 Å². The summed E-state index contributed by atoms with van der Waals surface area (Å²) in [6.07, 6.45) is -2.24. The zero-order valence-electron chi connectivity index (χ0n) is 9.82. The average Bonchev–Trinajstić information content (AvgIpc) is 2.30. The van der Waals surface area contributed by atoms with Gasteiger partial charge in [-0.1, -0.05) is 0 Å². The lowest BCUT2D eigenvalue weighted by atomic mass is 10.0. The van der Waals surface area contributed by atoms with Gasteiger partial charge in [0, 0.05) is 17.7 Å². The fourth-order valence-corrected chi connectivity index (χ4v) is 1.56. The summed E-state index contributed by atoms with van der Waals surface area (Å²) in [5.41, 5.74) is 4.59. The Kier molecular flexibility index (Phi) is 4.96. The average molecular weight is 260 g/mol. The second-order valence-corrected chi connectivity index (χ2v) is 3.47. The van der Waals surface area contributed by atoms with Gasteiger partial charge in [0.25, 0.3) is 6.43 Å². The summed E-state index contributed by atoms with van der Waals surface area (Å²) >= 11 is 0. The third-order valence-electron chi connectivity index (χ3n) is 2.33. The highest BCUT2D eigenvalue weighted by atomic mass is 19.3. The molecule has 100 valence electrons. The zero-order chi connectivity index (χ0) is 13.7. The van der Waals surface area contributed by atoms with Crippen LogP contribution in [-0.4, -0.2) is 22.7 Å². The van der Waals surface area contributed by atoms with Gasteiger partial charge >= 0.3 is 5.97 Å². The summed E-state index contributed by atoms with van der Waals surface area (Å²) in [5.74, 6) is -1.05. The summed E-state index contributed by atoms with van der Waals surface area (Å²) in [6.45, 7) is 1.51. The molecule has 5 nitrogen and oxygen atoms in total. The van der Waals surface area contributed by atoms with Crippen LogP contribution in [0.25, 0.3) is 0 Å². The smallest absolute Gasteiger partial charge is 0.311 e. The zero-order valence-corrected chi connectivity index (χ0v) is 9.82. The van der Waals surface area contributed by atoms with Crippen molar-refractivity contribution in [1.82, 2.24) is 4.98 Å². The van der Waals surface area contributed by atoms with Crippen molar-refractivity contribution in [3.8, 4) is 5.75 Å². The minimum absolute atomic E-state index is 0.0979. The van der Waals surface area contributed by atoms with E-state index in [4.69, 9.17) is 5.73 Å². The first-order chi connectivity index (χ1) is 8.51. The van der Waals surface area contributed by atoms with Crippen molar-refractivity contribution in [1.29, 1.82) is 0 Å². The van der Waals surface area contributed by atoms with E-state index in [0.717, 1.165) is 6.20 Å². The second-order valence-electron chi connectivity index (χ2n) is 3.47. The van der Waals surface area contributed by atoms with E-state index in [1.54, 1.807) is 6.92 Å². The van der Waals surface area contributed by atoms with Crippen LogP contribution in [0.4, 0.5) is 8.78 Å². The number of alkyl halides is 2. The molecule has 7 heteroatoms. The number of hydrogen-bond acceptors (Lipinski definition) is 5. The van der Waals surface area contributed by atoms with E-state index in [2.05, 4.69) is 9.72 Å². The maximum absolute atomic E-state index is 12.9. The Hall–Kier alpha value is -1.76. The number of halogens is 2. The number of ether oxygens (including phenoxy) is 1. The number of aromatic hydroxyl groups is 1. The Morgan fingerprint density at radius 2 is 2.28 bits per heavy atom. The molecule has 18 heavy (non-hydrogen) atoms. The predicted octanol–water partition coefficient (Wildman–Crippen LogP) is 1.29. The van der Waals surface area contributed by atoms with Gasteiger partial charge in [-0.3, -0.25) is 9.78 Å². The first-order valence-electron chi connectivity index (χ1n) is 5.34. The summed E-state index contributed by atoms with van der Waals surface area (Å²) in [7, 11) is 0. The number of esters is 1. The molecule has 1 rings (SSSR count). The molecule has 0 aromatic carbocycles. The van der Waals surface area contributed by atoms with Crippen molar-refractivity contribution in [2.75, 3.05) is 6.61 Å². The van der Waals surface area contributed by atoms with Crippen LogP contribution < -0.4 is 5.73 Å². The fourth-order valence-electron chi connectivity index (χ4n) is 1.56. The molecule has 0 aliphatic carbocycles. The molecular weight excluding hydrogens is 246 g/mol. The number of aromatic nitrogens is 1. The maximum Gasteiger partial charge on any atom is 0.311 e. The van der Waals surface area contributed by atoms with Crippen molar-refractivity contribution in [2.24, 2.45) is 5.73 Å². The number of carbonyl (C=O) groups is 1. The van der Waals surface area contributed by atoms with Gasteiger partial charge in [-0.05, 0) is 6.92 Å². The molecule has 0 amide bonds. The van der Waals surface area contributed by atoms with Crippen molar-refractivity contribution >= 4 is 5.97 Å². The molecule has 0 atom stereocenters. The Balaban J connectivity index is 3.15. The highest BCUT2D eigenvalue weighted by Gasteiger charge is 2.23. The number of hydrogen-bond donors (Lipinski definition) is 2. The lowest BCUT2D eigenvalue weighted by Gasteiger charge is -2.13. The van der Waals surface area contributed by atoms with E-state index >= 15 is 0 Å². The van der Waals surface area contributed by atoms with Gasteiger partial charge < -0.3 is 15.6 Å². The van der Waals surface area contributed by atoms with Crippen LogP contribution in [0, 0.1) is 0 Å². The van der Waals surface area contributed by atoms with Crippen molar-refractivity contribution < 1.29 is 23.4 Å². The van der Waals surface area contributed by atoms with Gasteiger partial charge in [0.15, 0.2) is 0 Å². The second kappa shape index (κ2) is 6.25. The van der Waals surface area contributed by atoms with E-state index in [9.17, 15) is 18.7 Å². The first-order valence-corrected chi connectivity index (χ1v) is 5.34. The highest BCUT2D eigenvalue weighted by molar-refractivity contribution is 5.72. The molecule has 0 aliphatic heterocycles. The number of pyridine rings is 1. The number of nitrogens with zero attached hydrogens (tertiary/aromatic N) is 1. The van der Waals surface area contributed by atoms with E-state index in [1.165, 1.54) is 0 Å². The summed E-state index contributed by atoms with van der Waals surface area (Å²) in [6, 6.07) is 0. The molecule has 1 aromatic heterocycles. The molecule has 3 N–H and O–H groups in total. The Labute approximate surface area is 103 Å². The van der Waals surface area contributed by atoms with Crippen LogP contribution in [-0.2, 0) is 22.5 Å². The van der Waals surface area contributed by atoms with E-state index in [1.807, 2.05) is 0 Å². The Morgan fingerprint density at radius 3 is 2.78 bits per heavy atom. The van der Waals surface area contributed by atoms with Crippen LogP contribution in [0.1, 0.15) is 30.2 Å². The molecule has 1 aromatic rings. The first kappa shape index (κ1) is 14.3. The maximum atomic E-state index is 12.9. The number of nitrogens with two attached hydrogens (primary N) is 1. The van der Waals surface area contributed by atoms with Crippen molar-refractivity contribution in [3.63, 3.8) is 0 Å². The molecule has 0 saturated heterocycles. The summed E-state index contributed by atoms with van der Waals surface area (Å²) < 4.78 is 30.5. The molecule has 0 radical (unpaired) electrons. The standard InChI is InChI=1S/C11H14F2N2O3/c1-2-18-9(17)3-7-10(11(12)13)6(4-14)8(16)5-15-7/h5,11,16H,2-4,14H2,1H3. The van der Waals surface area contributed by atoms with Crippen LogP contribution >= 0.6 is 0 Å². The lowest BCUT2D eigenvalue weighted by Crippen LogP contribution is -2.14. The van der Waals surface area contributed by atoms with Gasteiger partial charge in [-0.25, -0.2) is 8.78 Å². The van der Waals surface area contributed by atoms with Gasteiger partial charge in [0.1, 0.15) is 5.75 Å². The highest BCUT2D eigenvalue weighted by Crippen LogP contribution is 2.31. The summed E-state index contributed by atoms with van der Waals surface area (Å²) in [5, 5.41) is 9.41. The van der Waals surface area contributed by atoms with E-state index in [-0.39, 0.29) is 30.8 Å². The van der Waals surface area contributed by atoms with E-state index < -0.39 is 23.7 Å². The third-order valence-corrected chi connectivity index (χ3v) is 2.33. The number of rotatable bonds is 5. The van der Waals surface area contributed by atoms with Gasteiger partial charge in [0.05, 0.1) is 24.9 Å². The van der Waals surface area contributed by atoms with Gasteiger partial charge in [0.2, 0.25) is 0 Å². The molecular formula is C11H14F2N2O3. The van der Waals surface area contributed by atoms with Gasteiger partial charge in [-0.15, -0.1) is 0 Å². The van der Waals surface area contributed by atoms with Gasteiger partial charge in [-0.2, -0.15) is 0 Å². The fraction of sp³-hybridized carbons (Fsp3) is 0.455. The summed E-state index contributed by atoms with van der Waals surface area (Å²) in [4.78, 5) is 14.9. The minimum atomic E-state index is -2.87. The van der Waals surface area contributed by atoms with Crippen molar-refractivity contribution in [3.05, 3.63) is 23.0 Å². The van der Waals surface area contributed by atoms with Crippen LogP contribution in [0.2, 0.25) is 0 Å².